The van der Waals surface area contributed by atoms with Crippen LogP contribution < -0.4 is 5.32 Å². The SMILES string of the molecule is O=C(O)[C@H]1[C@H]2CC[C@@H](C2)[C@@H]1C(=O)NCCCCc1ccccc1. The lowest BCUT2D eigenvalue weighted by Gasteiger charge is -2.27. The van der Waals surface area contributed by atoms with Crippen LogP contribution in [0.5, 0.6) is 0 Å². The maximum atomic E-state index is 12.4. The van der Waals surface area contributed by atoms with Crippen molar-refractivity contribution < 1.29 is 14.7 Å². The molecule has 2 aliphatic carbocycles. The molecule has 0 saturated heterocycles. The Morgan fingerprint density at radius 2 is 1.74 bits per heavy atom. The Morgan fingerprint density at radius 1 is 1.04 bits per heavy atom. The van der Waals surface area contributed by atoms with E-state index in [4.69, 9.17) is 0 Å². The lowest BCUT2D eigenvalue weighted by molar-refractivity contribution is -0.149. The summed E-state index contributed by atoms with van der Waals surface area (Å²) in [5.41, 5.74) is 1.32. The summed E-state index contributed by atoms with van der Waals surface area (Å²) in [6.07, 6.45) is 5.89. The van der Waals surface area contributed by atoms with E-state index in [1.807, 2.05) is 18.2 Å². The van der Waals surface area contributed by atoms with Crippen LogP contribution in [0.2, 0.25) is 0 Å². The Morgan fingerprint density at radius 3 is 2.43 bits per heavy atom. The molecule has 2 N–H and O–H groups in total. The molecule has 0 heterocycles. The van der Waals surface area contributed by atoms with E-state index < -0.39 is 11.9 Å². The number of aliphatic carboxylic acids is 1. The zero-order chi connectivity index (χ0) is 16.2. The molecular formula is C19H25NO3. The predicted octanol–water partition coefficient (Wildman–Crippen LogP) is 2.87. The normalized spacial score (nSPS) is 28.7. The third-order valence-electron chi connectivity index (χ3n) is 5.54. The fourth-order valence-corrected chi connectivity index (χ4v) is 4.45. The molecule has 1 amide bonds. The summed E-state index contributed by atoms with van der Waals surface area (Å²) < 4.78 is 0. The van der Waals surface area contributed by atoms with Crippen molar-refractivity contribution in [2.45, 2.75) is 38.5 Å². The van der Waals surface area contributed by atoms with Crippen LogP contribution in [0.4, 0.5) is 0 Å². The van der Waals surface area contributed by atoms with Crippen LogP contribution >= 0.6 is 0 Å². The highest BCUT2D eigenvalue weighted by atomic mass is 16.4. The molecule has 2 saturated carbocycles. The summed E-state index contributed by atoms with van der Waals surface area (Å²) in [7, 11) is 0. The summed E-state index contributed by atoms with van der Waals surface area (Å²) >= 11 is 0. The fraction of sp³-hybridized carbons (Fsp3) is 0.579. The highest BCUT2D eigenvalue weighted by Crippen LogP contribution is 2.52. The van der Waals surface area contributed by atoms with Crippen molar-refractivity contribution in [2.24, 2.45) is 23.7 Å². The van der Waals surface area contributed by atoms with Crippen LogP contribution in [0.25, 0.3) is 0 Å². The first-order valence-electron chi connectivity index (χ1n) is 8.71. The minimum Gasteiger partial charge on any atom is -0.481 e. The zero-order valence-electron chi connectivity index (χ0n) is 13.4. The largest absolute Gasteiger partial charge is 0.481 e. The number of nitrogens with one attached hydrogen (secondary N) is 1. The number of aryl methyl sites for hydroxylation is 1. The minimum atomic E-state index is -0.790. The molecule has 0 aliphatic heterocycles. The number of hydrogen-bond acceptors (Lipinski definition) is 2. The molecule has 0 unspecified atom stereocenters. The van der Waals surface area contributed by atoms with Gasteiger partial charge in [-0.3, -0.25) is 9.59 Å². The Balaban J connectivity index is 1.42. The van der Waals surface area contributed by atoms with Crippen LogP contribution in [0, 0.1) is 23.7 Å². The molecule has 3 rings (SSSR count). The molecule has 124 valence electrons. The van der Waals surface area contributed by atoms with E-state index in [9.17, 15) is 14.7 Å². The molecule has 0 aromatic heterocycles. The first-order chi connectivity index (χ1) is 11.2. The summed E-state index contributed by atoms with van der Waals surface area (Å²) in [4.78, 5) is 23.9. The van der Waals surface area contributed by atoms with Gasteiger partial charge in [-0.25, -0.2) is 0 Å². The molecule has 1 aromatic carbocycles. The van der Waals surface area contributed by atoms with E-state index in [1.165, 1.54) is 5.56 Å². The van der Waals surface area contributed by atoms with E-state index in [2.05, 4.69) is 17.4 Å². The first-order valence-corrected chi connectivity index (χ1v) is 8.71. The number of carbonyl (C=O) groups excluding carboxylic acids is 1. The molecule has 2 bridgehead atoms. The minimum absolute atomic E-state index is 0.0377. The van der Waals surface area contributed by atoms with E-state index in [-0.39, 0.29) is 23.7 Å². The van der Waals surface area contributed by atoms with Crippen molar-refractivity contribution in [3.8, 4) is 0 Å². The summed E-state index contributed by atoms with van der Waals surface area (Å²) in [6, 6.07) is 10.3. The predicted molar refractivity (Wildman–Crippen MR) is 87.8 cm³/mol. The summed E-state index contributed by atoms with van der Waals surface area (Å²) in [5, 5.41) is 12.4. The Bertz CT molecular complexity index is 557. The number of benzene rings is 1. The van der Waals surface area contributed by atoms with Gasteiger partial charge in [-0.1, -0.05) is 30.3 Å². The van der Waals surface area contributed by atoms with Crippen molar-refractivity contribution in [1.82, 2.24) is 5.32 Å². The molecule has 4 nitrogen and oxygen atoms in total. The lowest BCUT2D eigenvalue weighted by Crippen LogP contribution is -2.41. The average molecular weight is 315 g/mol. The van der Waals surface area contributed by atoms with E-state index in [0.717, 1.165) is 38.5 Å². The van der Waals surface area contributed by atoms with Crippen molar-refractivity contribution in [3.05, 3.63) is 35.9 Å². The molecule has 4 heteroatoms. The summed E-state index contributed by atoms with van der Waals surface area (Å²) in [5.74, 6) is -1.10. The van der Waals surface area contributed by atoms with Gasteiger partial charge in [0.2, 0.25) is 5.91 Å². The number of hydrogen-bond donors (Lipinski definition) is 2. The van der Waals surface area contributed by atoms with Gasteiger partial charge in [-0.2, -0.15) is 0 Å². The highest BCUT2D eigenvalue weighted by molar-refractivity contribution is 5.86. The second kappa shape index (κ2) is 7.16. The topological polar surface area (TPSA) is 66.4 Å². The Kier molecular flexibility index (Phi) is 4.99. The molecule has 2 aliphatic rings. The maximum Gasteiger partial charge on any atom is 0.307 e. The number of amides is 1. The van der Waals surface area contributed by atoms with E-state index >= 15 is 0 Å². The standard InChI is InChI=1S/C19H25NO3/c21-18(16-14-9-10-15(12-14)17(16)19(22)23)20-11-5-4-8-13-6-2-1-3-7-13/h1-3,6-7,14-17H,4-5,8-12H2,(H,20,21)(H,22,23)/t14-,15-,16-,17-/m0/s1. The lowest BCUT2D eigenvalue weighted by atomic mass is 9.78. The second-order valence-electron chi connectivity index (χ2n) is 6.96. The van der Waals surface area contributed by atoms with Gasteiger partial charge in [0.25, 0.3) is 0 Å². The van der Waals surface area contributed by atoms with E-state index in [1.54, 1.807) is 0 Å². The quantitative estimate of drug-likeness (QED) is 0.760. The average Bonchev–Trinajstić information content (AvgIpc) is 3.16. The Hall–Kier alpha value is -1.84. The van der Waals surface area contributed by atoms with Crippen LogP contribution in [0.1, 0.15) is 37.7 Å². The van der Waals surface area contributed by atoms with Crippen molar-refractivity contribution >= 4 is 11.9 Å². The second-order valence-corrected chi connectivity index (χ2v) is 6.96. The molecule has 0 radical (unpaired) electrons. The van der Waals surface area contributed by atoms with Crippen molar-refractivity contribution in [1.29, 1.82) is 0 Å². The van der Waals surface area contributed by atoms with E-state index in [0.29, 0.717) is 6.54 Å². The third-order valence-corrected chi connectivity index (χ3v) is 5.54. The monoisotopic (exact) mass is 315 g/mol. The number of carboxylic acid groups (broad SMARTS) is 1. The smallest absolute Gasteiger partial charge is 0.307 e. The molecule has 2 fully saturated rings. The molecule has 4 atom stereocenters. The third kappa shape index (κ3) is 3.57. The van der Waals surface area contributed by atoms with Gasteiger partial charge in [0.05, 0.1) is 11.8 Å². The number of fused-ring (bicyclic) bond motifs is 2. The maximum absolute atomic E-state index is 12.4. The van der Waals surface area contributed by atoms with Crippen LogP contribution in [-0.2, 0) is 16.0 Å². The van der Waals surface area contributed by atoms with Gasteiger partial charge < -0.3 is 10.4 Å². The number of carbonyl (C=O) groups is 2. The van der Waals surface area contributed by atoms with Crippen LogP contribution in [-0.4, -0.2) is 23.5 Å². The van der Waals surface area contributed by atoms with Gasteiger partial charge in [-0.05, 0) is 55.9 Å². The van der Waals surface area contributed by atoms with Crippen LogP contribution in [0.3, 0.4) is 0 Å². The Labute approximate surface area is 137 Å². The molecule has 1 aromatic rings. The number of carboxylic acids is 1. The number of rotatable bonds is 7. The van der Waals surface area contributed by atoms with Gasteiger partial charge in [0.1, 0.15) is 0 Å². The zero-order valence-corrected chi connectivity index (χ0v) is 13.4. The molecule has 0 spiro atoms. The fourth-order valence-electron chi connectivity index (χ4n) is 4.45. The highest BCUT2D eigenvalue weighted by Gasteiger charge is 2.53. The first kappa shape index (κ1) is 16.0. The van der Waals surface area contributed by atoms with Gasteiger partial charge in [0, 0.05) is 6.54 Å². The van der Waals surface area contributed by atoms with Crippen molar-refractivity contribution in [3.63, 3.8) is 0 Å². The van der Waals surface area contributed by atoms with Gasteiger partial charge in [-0.15, -0.1) is 0 Å². The van der Waals surface area contributed by atoms with Gasteiger partial charge in [0.15, 0.2) is 0 Å². The number of unbranched alkanes of at least 4 members (excludes halogenated alkanes) is 1. The van der Waals surface area contributed by atoms with Crippen LogP contribution in [0.15, 0.2) is 30.3 Å². The molecule has 23 heavy (non-hydrogen) atoms. The molecular weight excluding hydrogens is 290 g/mol. The summed E-state index contributed by atoms with van der Waals surface area (Å²) in [6.45, 7) is 0.645. The van der Waals surface area contributed by atoms with Crippen molar-refractivity contribution in [2.75, 3.05) is 6.54 Å². The van der Waals surface area contributed by atoms with Gasteiger partial charge >= 0.3 is 5.97 Å².